The van der Waals surface area contributed by atoms with Crippen molar-refractivity contribution in [2.45, 2.75) is 10.1 Å². The Hall–Kier alpha value is -0.840. The number of thioether (sulfide) groups is 1. The molecule has 0 aliphatic carbocycles. The van der Waals surface area contributed by atoms with Gasteiger partial charge in [-0.25, -0.2) is 4.98 Å². The van der Waals surface area contributed by atoms with Gasteiger partial charge < -0.3 is 0 Å². The lowest BCUT2D eigenvalue weighted by molar-refractivity contribution is 1.29. The fourth-order valence-electron chi connectivity index (χ4n) is 1.64. The van der Waals surface area contributed by atoms with Crippen LogP contribution in [0, 0.1) is 0 Å². The summed E-state index contributed by atoms with van der Waals surface area (Å²) < 4.78 is 3.52. The Bertz CT molecular complexity index is 628. The maximum atomic E-state index is 4.62. The number of benzene rings is 2. The first kappa shape index (κ1) is 12.2. The SMILES string of the molecule is Brc1ccc(CSc2nc3ccccc3s2)cc1. The number of thiazole rings is 1. The van der Waals surface area contributed by atoms with Gasteiger partial charge in [-0.15, -0.1) is 11.3 Å². The van der Waals surface area contributed by atoms with Crippen LogP contribution >= 0.6 is 39.0 Å². The number of halogens is 1. The van der Waals surface area contributed by atoms with Gasteiger partial charge in [-0.05, 0) is 29.8 Å². The predicted octanol–water partition coefficient (Wildman–Crippen LogP) is 5.35. The summed E-state index contributed by atoms with van der Waals surface area (Å²) in [6.07, 6.45) is 0. The van der Waals surface area contributed by atoms with Crippen LogP contribution in [0.2, 0.25) is 0 Å². The molecule has 18 heavy (non-hydrogen) atoms. The van der Waals surface area contributed by atoms with Gasteiger partial charge in [-0.3, -0.25) is 0 Å². The predicted molar refractivity (Wildman–Crippen MR) is 83.3 cm³/mol. The van der Waals surface area contributed by atoms with Crippen LogP contribution in [0.15, 0.2) is 57.3 Å². The minimum atomic E-state index is 0.965. The number of hydrogen-bond acceptors (Lipinski definition) is 3. The van der Waals surface area contributed by atoms with Gasteiger partial charge in [0, 0.05) is 10.2 Å². The van der Waals surface area contributed by atoms with Crippen LogP contribution in [0.5, 0.6) is 0 Å². The molecule has 0 spiro atoms. The summed E-state index contributed by atoms with van der Waals surface area (Å²) in [5, 5.41) is 0. The molecule has 0 aliphatic rings. The van der Waals surface area contributed by atoms with E-state index < -0.39 is 0 Å². The second kappa shape index (κ2) is 5.43. The number of nitrogens with zero attached hydrogens (tertiary/aromatic N) is 1. The third kappa shape index (κ3) is 2.76. The molecule has 0 bridgehead atoms. The second-order valence-corrected chi connectivity index (χ2v) is 7.03. The van der Waals surface area contributed by atoms with E-state index in [1.807, 2.05) is 6.07 Å². The van der Waals surface area contributed by atoms with Crippen molar-refractivity contribution in [1.29, 1.82) is 0 Å². The summed E-state index contributed by atoms with van der Waals surface area (Å²) in [5.74, 6) is 0.965. The highest BCUT2D eigenvalue weighted by atomic mass is 79.9. The van der Waals surface area contributed by atoms with Crippen molar-refractivity contribution in [2.24, 2.45) is 0 Å². The summed E-state index contributed by atoms with van der Waals surface area (Å²) in [6, 6.07) is 16.7. The van der Waals surface area contributed by atoms with Crippen LogP contribution in [0.25, 0.3) is 10.2 Å². The maximum Gasteiger partial charge on any atom is 0.151 e. The van der Waals surface area contributed by atoms with E-state index in [-0.39, 0.29) is 0 Å². The van der Waals surface area contributed by atoms with Crippen molar-refractivity contribution >= 4 is 49.2 Å². The van der Waals surface area contributed by atoms with Gasteiger partial charge in [0.15, 0.2) is 4.34 Å². The van der Waals surface area contributed by atoms with Gasteiger partial charge in [0.05, 0.1) is 10.2 Å². The minimum absolute atomic E-state index is 0.965. The van der Waals surface area contributed by atoms with Crippen LogP contribution in [-0.4, -0.2) is 4.98 Å². The van der Waals surface area contributed by atoms with Crippen molar-refractivity contribution in [3.8, 4) is 0 Å². The number of hydrogen-bond donors (Lipinski definition) is 0. The van der Waals surface area contributed by atoms with Crippen molar-refractivity contribution in [3.05, 3.63) is 58.6 Å². The molecule has 1 nitrogen and oxygen atoms in total. The van der Waals surface area contributed by atoms with Crippen LogP contribution in [-0.2, 0) is 5.75 Å². The van der Waals surface area contributed by atoms with Gasteiger partial charge in [0.2, 0.25) is 0 Å². The monoisotopic (exact) mass is 335 g/mol. The standard InChI is InChI=1S/C14H10BrNS2/c15-11-7-5-10(6-8-11)9-17-14-16-12-3-1-2-4-13(12)18-14/h1-8H,9H2. The Labute approximate surface area is 122 Å². The molecule has 3 aromatic rings. The van der Waals surface area contributed by atoms with Gasteiger partial charge in [0.1, 0.15) is 0 Å². The Morgan fingerprint density at radius 1 is 1.06 bits per heavy atom. The van der Waals surface area contributed by atoms with Gasteiger partial charge in [-0.1, -0.05) is 52.0 Å². The lowest BCUT2D eigenvalue weighted by Crippen LogP contribution is -1.79. The minimum Gasteiger partial charge on any atom is -0.230 e. The zero-order valence-electron chi connectivity index (χ0n) is 9.47. The smallest absolute Gasteiger partial charge is 0.151 e. The van der Waals surface area contributed by atoms with Crippen LogP contribution in [0.3, 0.4) is 0 Å². The van der Waals surface area contributed by atoms with E-state index in [1.54, 1.807) is 23.1 Å². The lowest BCUT2D eigenvalue weighted by atomic mass is 10.2. The molecule has 0 N–H and O–H groups in total. The third-order valence-electron chi connectivity index (χ3n) is 2.55. The molecule has 2 aromatic carbocycles. The summed E-state index contributed by atoms with van der Waals surface area (Å²) in [6.45, 7) is 0. The molecule has 0 aliphatic heterocycles. The van der Waals surface area contributed by atoms with E-state index in [4.69, 9.17) is 0 Å². The molecule has 4 heteroatoms. The van der Waals surface area contributed by atoms with Crippen molar-refractivity contribution in [3.63, 3.8) is 0 Å². The quantitative estimate of drug-likeness (QED) is 0.598. The van der Waals surface area contributed by atoms with E-state index >= 15 is 0 Å². The van der Waals surface area contributed by atoms with E-state index in [1.165, 1.54) is 10.3 Å². The zero-order chi connectivity index (χ0) is 12.4. The van der Waals surface area contributed by atoms with Crippen molar-refractivity contribution in [2.75, 3.05) is 0 Å². The molecule has 1 heterocycles. The molecule has 90 valence electrons. The van der Waals surface area contributed by atoms with E-state index in [9.17, 15) is 0 Å². The summed E-state index contributed by atoms with van der Waals surface area (Å²) in [7, 11) is 0. The number of para-hydroxylation sites is 1. The first-order chi connectivity index (χ1) is 8.81. The Balaban J connectivity index is 1.74. The normalized spacial score (nSPS) is 10.9. The van der Waals surface area contributed by atoms with E-state index in [0.717, 1.165) is 20.1 Å². The van der Waals surface area contributed by atoms with E-state index in [2.05, 4.69) is 63.4 Å². The Morgan fingerprint density at radius 2 is 1.83 bits per heavy atom. The molecular formula is C14H10BrNS2. The van der Waals surface area contributed by atoms with Crippen LogP contribution < -0.4 is 0 Å². The van der Waals surface area contributed by atoms with Gasteiger partial charge in [-0.2, -0.15) is 0 Å². The molecule has 0 unspecified atom stereocenters. The molecule has 0 saturated carbocycles. The summed E-state index contributed by atoms with van der Waals surface area (Å²) in [5.41, 5.74) is 2.42. The molecule has 1 aromatic heterocycles. The molecule has 0 amide bonds. The fraction of sp³-hybridized carbons (Fsp3) is 0.0714. The topological polar surface area (TPSA) is 12.9 Å². The lowest BCUT2D eigenvalue weighted by Gasteiger charge is -1.98. The zero-order valence-corrected chi connectivity index (χ0v) is 12.7. The molecule has 0 radical (unpaired) electrons. The highest BCUT2D eigenvalue weighted by Crippen LogP contribution is 2.31. The fourth-order valence-corrected chi connectivity index (χ4v) is 3.93. The van der Waals surface area contributed by atoms with Gasteiger partial charge >= 0.3 is 0 Å². The first-order valence-electron chi connectivity index (χ1n) is 5.54. The number of fused-ring (bicyclic) bond motifs is 1. The number of aromatic nitrogens is 1. The number of rotatable bonds is 3. The highest BCUT2D eigenvalue weighted by molar-refractivity contribution is 9.10. The van der Waals surface area contributed by atoms with Gasteiger partial charge in [0.25, 0.3) is 0 Å². The summed E-state index contributed by atoms with van der Waals surface area (Å²) in [4.78, 5) is 4.62. The van der Waals surface area contributed by atoms with Crippen LogP contribution in [0.4, 0.5) is 0 Å². The Morgan fingerprint density at radius 3 is 2.61 bits per heavy atom. The summed E-state index contributed by atoms with van der Waals surface area (Å²) >= 11 is 7.01. The van der Waals surface area contributed by atoms with Crippen molar-refractivity contribution in [1.82, 2.24) is 4.98 Å². The average Bonchev–Trinajstić information content (AvgIpc) is 2.81. The Kier molecular flexibility index (Phi) is 3.68. The maximum absolute atomic E-state index is 4.62. The average molecular weight is 336 g/mol. The third-order valence-corrected chi connectivity index (χ3v) is 5.33. The van der Waals surface area contributed by atoms with Crippen molar-refractivity contribution < 1.29 is 0 Å². The molecular weight excluding hydrogens is 326 g/mol. The van der Waals surface area contributed by atoms with Crippen LogP contribution in [0.1, 0.15) is 5.56 Å². The van der Waals surface area contributed by atoms with E-state index in [0.29, 0.717) is 0 Å². The molecule has 0 saturated heterocycles. The second-order valence-electron chi connectivity index (χ2n) is 3.86. The molecule has 0 atom stereocenters. The largest absolute Gasteiger partial charge is 0.230 e. The first-order valence-corrected chi connectivity index (χ1v) is 8.13. The molecule has 0 fully saturated rings. The highest BCUT2D eigenvalue weighted by Gasteiger charge is 2.03. The molecule has 3 rings (SSSR count).